The number of carbonyl (C=O) groups excluding carboxylic acids is 1. The molecule has 116 valence electrons. The summed E-state index contributed by atoms with van der Waals surface area (Å²) in [6.45, 7) is 2.68. The molecule has 1 aromatic rings. The van der Waals surface area contributed by atoms with E-state index in [-0.39, 0.29) is 12.5 Å². The zero-order valence-electron chi connectivity index (χ0n) is 11.6. The maximum absolute atomic E-state index is 11.9. The molecule has 2 heterocycles. The van der Waals surface area contributed by atoms with Crippen LogP contribution in [0, 0.1) is 6.92 Å². The number of aromatic nitrogens is 2. The van der Waals surface area contributed by atoms with Crippen LogP contribution in [0.5, 0.6) is 0 Å². The first-order valence-electron chi connectivity index (χ1n) is 6.39. The van der Waals surface area contributed by atoms with Gasteiger partial charge in [-0.15, -0.1) is 0 Å². The van der Waals surface area contributed by atoms with Crippen molar-refractivity contribution in [3.05, 3.63) is 32.6 Å². The molecule has 1 fully saturated rings. The van der Waals surface area contributed by atoms with Crippen molar-refractivity contribution in [1.29, 1.82) is 0 Å². The number of ether oxygens (including phenoxy) is 1. The van der Waals surface area contributed by atoms with Gasteiger partial charge in [0.05, 0.1) is 28.8 Å². The van der Waals surface area contributed by atoms with E-state index in [1.807, 2.05) is 0 Å². The lowest BCUT2D eigenvalue weighted by molar-refractivity contribution is -0.126. The molecule has 3 atom stereocenters. The molecule has 2 rings (SSSR count). The first-order valence-corrected chi connectivity index (χ1v) is 7.10. The zero-order chi connectivity index (χ0) is 15.7. The fourth-order valence-corrected chi connectivity index (χ4v) is 2.75. The minimum atomic E-state index is -0.658. The van der Waals surface area contributed by atoms with Gasteiger partial charge in [0.25, 0.3) is 5.56 Å². The molecular weight excluding hydrogens is 346 g/mol. The topological polar surface area (TPSA) is 105 Å². The molecule has 0 aromatic carbocycles. The number of H-pyrrole nitrogens is 1. The third-order valence-corrected chi connectivity index (χ3v) is 4.46. The molecule has 21 heavy (non-hydrogen) atoms. The lowest BCUT2D eigenvalue weighted by atomic mass is 10.1. The molecule has 2 N–H and O–H groups in total. The molecule has 1 aliphatic heterocycles. The number of aromatic amines is 1. The Morgan fingerprint density at radius 3 is 2.86 bits per heavy atom. The average molecular weight is 362 g/mol. The highest BCUT2D eigenvalue weighted by Gasteiger charge is 2.40. The third kappa shape index (κ3) is 3.09. The van der Waals surface area contributed by atoms with Crippen molar-refractivity contribution in [2.75, 3.05) is 6.61 Å². The molecule has 0 bridgehead atoms. The molecule has 1 amide bonds. The lowest BCUT2D eigenvalue weighted by Crippen LogP contribution is -2.38. The average Bonchev–Trinajstić information content (AvgIpc) is 2.85. The Morgan fingerprint density at radius 1 is 1.62 bits per heavy atom. The van der Waals surface area contributed by atoms with Gasteiger partial charge in [0.2, 0.25) is 5.91 Å². The Morgan fingerprint density at radius 2 is 2.29 bits per heavy atom. The Kier molecular flexibility index (Phi) is 4.64. The Hall–Kier alpha value is -1.45. The summed E-state index contributed by atoms with van der Waals surface area (Å²) < 4.78 is 8.19. The van der Waals surface area contributed by atoms with Gasteiger partial charge >= 0.3 is 5.69 Å². The van der Waals surface area contributed by atoms with E-state index in [0.29, 0.717) is 12.0 Å². The Labute approximate surface area is 128 Å². The number of carbonyl (C=O) groups is 1. The third-order valence-electron chi connectivity index (χ3n) is 3.43. The minimum Gasteiger partial charge on any atom is -0.394 e. The molecule has 0 aliphatic carbocycles. The van der Waals surface area contributed by atoms with Crippen LogP contribution in [0.3, 0.4) is 0 Å². The number of nitrogens with zero attached hydrogens (tertiary/aromatic N) is 2. The molecule has 0 spiro atoms. The summed E-state index contributed by atoms with van der Waals surface area (Å²) in [6.07, 6.45) is 0.461. The number of aliphatic hydroxyl groups is 1. The number of amides is 1. The van der Waals surface area contributed by atoms with Crippen molar-refractivity contribution in [2.45, 2.75) is 38.6 Å². The van der Waals surface area contributed by atoms with Gasteiger partial charge in [-0.3, -0.25) is 23.1 Å². The second-order valence-corrected chi connectivity index (χ2v) is 5.69. The highest BCUT2D eigenvalue weighted by atomic mass is 79.9. The maximum Gasteiger partial charge on any atom is 0.330 e. The summed E-state index contributed by atoms with van der Waals surface area (Å²) in [5, 5.41) is 9.37. The van der Waals surface area contributed by atoms with Gasteiger partial charge in [-0.2, -0.15) is 0 Å². The Balaban J connectivity index is 2.32. The summed E-state index contributed by atoms with van der Waals surface area (Å²) >= 11 is 3.14. The van der Waals surface area contributed by atoms with E-state index in [2.05, 4.69) is 21.1 Å². The van der Waals surface area contributed by atoms with Crippen LogP contribution in [0.25, 0.3) is 0 Å². The molecular formula is C12H16BrN3O5. The molecule has 0 saturated carbocycles. The lowest BCUT2D eigenvalue weighted by Gasteiger charge is -2.23. The molecule has 0 radical (unpaired) electrons. The van der Waals surface area contributed by atoms with Gasteiger partial charge < -0.3 is 9.84 Å². The van der Waals surface area contributed by atoms with Crippen LogP contribution in [0.2, 0.25) is 0 Å². The van der Waals surface area contributed by atoms with Crippen molar-refractivity contribution in [1.82, 2.24) is 13.5 Å². The molecule has 1 aromatic heterocycles. The standard InChI is InChI=1S/C12H16BrN3O5/c1-6-4-15(12(20)14-11(6)19)10-3-8(9(5-17)21-10)16(13)7(2)18/h4,8-10,17H,3,5H2,1-2H3,(H,14,19,20)/t8?,9-,10-/m1/s1. The van der Waals surface area contributed by atoms with Gasteiger partial charge in [-0.1, -0.05) is 0 Å². The predicted molar refractivity (Wildman–Crippen MR) is 76.9 cm³/mol. The highest BCUT2D eigenvalue weighted by molar-refractivity contribution is 9.07. The predicted octanol–water partition coefficient (Wildman–Crippen LogP) is -0.348. The van der Waals surface area contributed by atoms with Crippen LogP contribution >= 0.6 is 16.1 Å². The SMILES string of the molecule is CC(=O)N(Br)C1C[C@H](n2cc(C)c(=O)[nH]c2=O)O[C@@H]1CO. The second kappa shape index (κ2) is 6.12. The van der Waals surface area contributed by atoms with Gasteiger partial charge in [-0.05, 0) is 6.92 Å². The van der Waals surface area contributed by atoms with E-state index in [9.17, 15) is 19.5 Å². The van der Waals surface area contributed by atoms with Crippen LogP contribution in [-0.2, 0) is 9.53 Å². The van der Waals surface area contributed by atoms with Crippen molar-refractivity contribution in [3.8, 4) is 0 Å². The van der Waals surface area contributed by atoms with E-state index in [0.717, 1.165) is 0 Å². The van der Waals surface area contributed by atoms with Crippen molar-refractivity contribution in [3.63, 3.8) is 0 Å². The van der Waals surface area contributed by atoms with Crippen molar-refractivity contribution >= 4 is 22.1 Å². The maximum atomic E-state index is 11.9. The van der Waals surface area contributed by atoms with Crippen LogP contribution in [0.1, 0.15) is 25.1 Å². The summed E-state index contributed by atoms with van der Waals surface area (Å²) in [4.78, 5) is 36.9. The van der Waals surface area contributed by atoms with E-state index in [1.165, 1.54) is 21.6 Å². The zero-order valence-corrected chi connectivity index (χ0v) is 13.2. The van der Waals surface area contributed by atoms with E-state index in [4.69, 9.17) is 4.74 Å². The number of halogens is 1. The van der Waals surface area contributed by atoms with Gasteiger partial charge in [0.15, 0.2) is 0 Å². The normalized spacial score (nSPS) is 25.0. The van der Waals surface area contributed by atoms with Gasteiger partial charge in [-0.25, -0.2) is 4.79 Å². The fraction of sp³-hybridized carbons (Fsp3) is 0.583. The highest BCUT2D eigenvalue weighted by Crippen LogP contribution is 2.32. The van der Waals surface area contributed by atoms with Crippen LogP contribution < -0.4 is 11.2 Å². The van der Waals surface area contributed by atoms with Crippen molar-refractivity contribution < 1.29 is 14.6 Å². The van der Waals surface area contributed by atoms with Gasteiger partial charge in [0, 0.05) is 25.1 Å². The number of hydrogen-bond donors (Lipinski definition) is 2. The second-order valence-electron chi connectivity index (χ2n) is 4.92. The first kappa shape index (κ1) is 15.9. The number of hydrogen-bond acceptors (Lipinski definition) is 5. The Bertz CT molecular complexity index is 655. The molecule has 9 heteroatoms. The molecule has 1 saturated heterocycles. The van der Waals surface area contributed by atoms with E-state index >= 15 is 0 Å². The summed E-state index contributed by atoms with van der Waals surface area (Å²) in [6, 6.07) is -0.406. The van der Waals surface area contributed by atoms with E-state index < -0.39 is 29.6 Å². The van der Waals surface area contributed by atoms with E-state index in [1.54, 1.807) is 6.92 Å². The number of aryl methyl sites for hydroxylation is 1. The van der Waals surface area contributed by atoms with Crippen LogP contribution in [-0.4, -0.2) is 43.2 Å². The number of nitrogens with one attached hydrogen (secondary N) is 1. The minimum absolute atomic E-state index is 0.229. The molecule has 8 nitrogen and oxygen atoms in total. The number of aliphatic hydroxyl groups excluding tert-OH is 1. The molecule has 1 unspecified atom stereocenters. The fourth-order valence-electron chi connectivity index (χ4n) is 2.32. The quantitative estimate of drug-likeness (QED) is 0.716. The summed E-state index contributed by atoms with van der Waals surface area (Å²) in [5.74, 6) is -0.229. The number of rotatable bonds is 3. The summed E-state index contributed by atoms with van der Waals surface area (Å²) in [5.41, 5.74) is -0.656. The smallest absolute Gasteiger partial charge is 0.330 e. The molecule has 1 aliphatic rings. The van der Waals surface area contributed by atoms with Crippen LogP contribution in [0.15, 0.2) is 15.8 Å². The first-order chi connectivity index (χ1) is 9.85. The monoisotopic (exact) mass is 361 g/mol. The largest absolute Gasteiger partial charge is 0.394 e. The van der Waals surface area contributed by atoms with Gasteiger partial charge in [0.1, 0.15) is 12.3 Å². The van der Waals surface area contributed by atoms with Crippen LogP contribution in [0.4, 0.5) is 0 Å². The van der Waals surface area contributed by atoms with Crippen molar-refractivity contribution in [2.24, 2.45) is 0 Å². The summed E-state index contributed by atoms with van der Waals surface area (Å²) in [7, 11) is 0.